The molecular weight excluding hydrogens is 124 g/mol. The Morgan fingerprint density at radius 1 is 1.20 bits per heavy atom. The summed E-state index contributed by atoms with van der Waals surface area (Å²) in [6, 6.07) is 0. The fourth-order valence-electron chi connectivity index (χ4n) is 1.04. The van der Waals surface area contributed by atoms with E-state index in [1.54, 1.807) is 0 Å². The minimum atomic E-state index is 0.282. The van der Waals surface area contributed by atoms with Crippen molar-refractivity contribution >= 4 is 0 Å². The minimum absolute atomic E-state index is 0.282. The molecular formula is C8H14N2. The van der Waals surface area contributed by atoms with Crippen LogP contribution in [0.3, 0.4) is 0 Å². The molecule has 0 spiro atoms. The van der Waals surface area contributed by atoms with Crippen molar-refractivity contribution in [2.75, 3.05) is 13.1 Å². The van der Waals surface area contributed by atoms with E-state index < -0.39 is 0 Å². The second kappa shape index (κ2) is 2.52. The van der Waals surface area contributed by atoms with Crippen LogP contribution >= 0.6 is 0 Å². The predicted octanol–water partition coefficient (Wildman–Crippen LogP) is 2.42. The van der Waals surface area contributed by atoms with Gasteiger partial charge in [-0.2, -0.15) is 10.2 Å². The van der Waals surface area contributed by atoms with Crippen LogP contribution in [0.15, 0.2) is 21.9 Å². The fourth-order valence-corrected chi connectivity index (χ4v) is 1.04. The molecule has 0 saturated carbocycles. The molecule has 56 valence electrons. The van der Waals surface area contributed by atoms with E-state index in [2.05, 4.69) is 37.1 Å². The maximum absolute atomic E-state index is 3.91. The molecule has 0 atom stereocenters. The van der Waals surface area contributed by atoms with Crippen LogP contribution in [0.5, 0.6) is 0 Å². The lowest BCUT2D eigenvalue weighted by molar-refractivity contribution is 0.539. The highest BCUT2D eigenvalue weighted by atomic mass is 15.1. The van der Waals surface area contributed by atoms with Crippen LogP contribution in [0, 0.1) is 5.41 Å². The summed E-state index contributed by atoms with van der Waals surface area (Å²) in [5.74, 6) is 0. The summed E-state index contributed by atoms with van der Waals surface area (Å²) in [5, 5.41) is 7.81. The summed E-state index contributed by atoms with van der Waals surface area (Å²) >= 11 is 0. The lowest BCUT2D eigenvalue weighted by Gasteiger charge is -2.12. The average Bonchev–Trinajstić information content (AvgIpc) is 2.12. The highest BCUT2D eigenvalue weighted by Crippen LogP contribution is 2.19. The third-order valence-corrected chi connectivity index (χ3v) is 1.28. The molecule has 0 aromatic heterocycles. The van der Waals surface area contributed by atoms with Gasteiger partial charge in [-0.05, 0) is 11.0 Å². The molecule has 0 aromatic rings. The van der Waals surface area contributed by atoms with Gasteiger partial charge in [-0.3, -0.25) is 0 Å². The normalized spacial score (nSPS) is 18.1. The maximum atomic E-state index is 3.91. The molecule has 10 heavy (non-hydrogen) atoms. The molecule has 0 unspecified atom stereocenters. The molecule has 0 N–H and O–H groups in total. The van der Waals surface area contributed by atoms with Gasteiger partial charge >= 0.3 is 0 Å². The number of rotatable bonds is 0. The van der Waals surface area contributed by atoms with E-state index in [1.165, 1.54) is 5.57 Å². The highest BCUT2D eigenvalue weighted by Gasteiger charge is 2.10. The average molecular weight is 138 g/mol. The maximum Gasteiger partial charge on any atom is 0.0828 e. The van der Waals surface area contributed by atoms with Gasteiger partial charge in [0.2, 0.25) is 0 Å². The summed E-state index contributed by atoms with van der Waals surface area (Å²) in [6.45, 7) is 8.21. The lowest BCUT2D eigenvalue weighted by atomic mass is 9.94. The quantitative estimate of drug-likeness (QED) is 0.459. The van der Waals surface area contributed by atoms with Gasteiger partial charge in [0.15, 0.2) is 0 Å². The van der Waals surface area contributed by atoms with E-state index >= 15 is 0 Å². The smallest absolute Gasteiger partial charge is 0.0828 e. The van der Waals surface area contributed by atoms with E-state index in [1.807, 2.05) is 0 Å². The van der Waals surface area contributed by atoms with Crippen molar-refractivity contribution in [2.24, 2.45) is 15.6 Å². The van der Waals surface area contributed by atoms with Crippen LogP contribution in [0.1, 0.15) is 20.8 Å². The molecule has 2 nitrogen and oxygen atoms in total. The summed E-state index contributed by atoms with van der Waals surface area (Å²) in [6.07, 6.45) is 2.26. The molecule has 0 radical (unpaired) electrons. The molecule has 0 aromatic carbocycles. The fraction of sp³-hybridized carbons (Fsp3) is 0.750. The monoisotopic (exact) mass is 138 g/mol. The summed E-state index contributed by atoms with van der Waals surface area (Å²) in [5.41, 5.74) is 1.64. The first-order chi connectivity index (χ1) is 4.58. The molecule has 1 heterocycles. The predicted molar refractivity (Wildman–Crippen MR) is 42.1 cm³/mol. The molecule has 1 aliphatic rings. The first-order valence-corrected chi connectivity index (χ1v) is 3.62. The van der Waals surface area contributed by atoms with Gasteiger partial charge in [0.05, 0.1) is 13.1 Å². The van der Waals surface area contributed by atoms with E-state index in [0.29, 0.717) is 0 Å². The summed E-state index contributed by atoms with van der Waals surface area (Å²) in [7, 11) is 0. The van der Waals surface area contributed by atoms with Crippen molar-refractivity contribution in [1.82, 2.24) is 0 Å². The zero-order valence-electron chi connectivity index (χ0n) is 6.89. The molecule has 2 heteroatoms. The summed E-state index contributed by atoms with van der Waals surface area (Å²) < 4.78 is 0. The van der Waals surface area contributed by atoms with Crippen molar-refractivity contribution in [3.8, 4) is 0 Å². The van der Waals surface area contributed by atoms with Crippen molar-refractivity contribution in [3.05, 3.63) is 11.6 Å². The first kappa shape index (κ1) is 7.45. The highest BCUT2D eigenvalue weighted by molar-refractivity contribution is 5.12. The van der Waals surface area contributed by atoms with Crippen LogP contribution < -0.4 is 0 Å². The number of hydrogen-bond acceptors (Lipinski definition) is 2. The minimum Gasteiger partial charge on any atom is -0.189 e. The number of allylic oxidation sites excluding steroid dienone is 1. The van der Waals surface area contributed by atoms with Crippen molar-refractivity contribution in [2.45, 2.75) is 20.8 Å². The Balaban J connectivity index is 2.56. The van der Waals surface area contributed by atoms with Crippen molar-refractivity contribution in [1.29, 1.82) is 0 Å². The van der Waals surface area contributed by atoms with Crippen LogP contribution in [-0.2, 0) is 0 Å². The van der Waals surface area contributed by atoms with Crippen LogP contribution in [-0.4, -0.2) is 13.1 Å². The van der Waals surface area contributed by atoms with Gasteiger partial charge in [-0.25, -0.2) is 0 Å². The number of azo groups is 1. The molecule has 0 bridgehead atoms. The van der Waals surface area contributed by atoms with Crippen LogP contribution in [0.25, 0.3) is 0 Å². The van der Waals surface area contributed by atoms with Gasteiger partial charge < -0.3 is 0 Å². The second-order valence-electron chi connectivity index (χ2n) is 3.77. The van der Waals surface area contributed by atoms with E-state index in [0.717, 1.165) is 13.1 Å². The Morgan fingerprint density at radius 3 is 2.10 bits per heavy atom. The van der Waals surface area contributed by atoms with Crippen molar-refractivity contribution < 1.29 is 0 Å². The molecule has 0 fully saturated rings. The standard InChI is InChI=1S/C8H14N2/c1-8(2,3)4-7-5-9-10-6-7/h4H,5-6H2,1-3H3. The van der Waals surface area contributed by atoms with E-state index in [9.17, 15) is 0 Å². The van der Waals surface area contributed by atoms with Gasteiger partial charge in [-0.1, -0.05) is 26.8 Å². The summed E-state index contributed by atoms with van der Waals surface area (Å²) in [4.78, 5) is 0. The van der Waals surface area contributed by atoms with E-state index in [-0.39, 0.29) is 5.41 Å². The Kier molecular flexibility index (Phi) is 1.88. The molecule has 1 aliphatic heterocycles. The Bertz CT molecular complexity index is 162. The van der Waals surface area contributed by atoms with Gasteiger partial charge in [0.1, 0.15) is 0 Å². The van der Waals surface area contributed by atoms with Crippen molar-refractivity contribution in [3.63, 3.8) is 0 Å². The third-order valence-electron chi connectivity index (χ3n) is 1.28. The Morgan fingerprint density at radius 2 is 1.70 bits per heavy atom. The zero-order chi connectivity index (χ0) is 7.61. The van der Waals surface area contributed by atoms with Crippen LogP contribution in [0.2, 0.25) is 0 Å². The SMILES string of the molecule is CC(C)(C)C=C1CN=NC1. The zero-order valence-corrected chi connectivity index (χ0v) is 6.89. The topological polar surface area (TPSA) is 24.7 Å². The first-order valence-electron chi connectivity index (χ1n) is 3.62. The van der Waals surface area contributed by atoms with Gasteiger partial charge in [0, 0.05) is 0 Å². The molecule has 0 amide bonds. The number of hydrogen-bond donors (Lipinski definition) is 0. The molecule has 0 aliphatic carbocycles. The van der Waals surface area contributed by atoms with Gasteiger partial charge in [0.25, 0.3) is 0 Å². The second-order valence-corrected chi connectivity index (χ2v) is 3.77. The molecule has 1 rings (SSSR count). The Hall–Kier alpha value is -0.660. The van der Waals surface area contributed by atoms with E-state index in [4.69, 9.17) is 0 Å². The lowest BCUT2D eigenvalue weighted by Crippen LogP contribution is -2.02. The third kappa shape index (κ3) is 2.29. The van der Waals surface area contributed by atoms with Crippen LogP contribution in [0.4, 0.5) is 0 Å². The Labute approximate surface area is 62.0 Å². The van der Waals surface area contributed by atoms with Gasteiger partial charge in [-0.15, -0.1) is 0 Å². The largest absolute Gasteiger partial charge is 0.189 e. The molecule has 0 saturated heterocycles. The number of nitrogens with zero attached hydrogens (tertiary/aromatic N) is 2.